The topological polar surface area (TPSA) is 111 Å². The highest BCUT2D eigenvalue weighted by Crippen LogP contribution is 2.32. The monoisotopic (exact) mass is 502 g/mol. The van der Waals surface area contributed by atoms with Gasteiger partial charge in [-0.2, -0.15) is 23.5 Å². The van der Waals surface area contributed by atoms with Crippen molar-refractivity contribution in [2.75, 3.05) is 32.0 Å². The number of carbonyl (C=O) groups is 3. The number of benzene rings is 1. The molecular weight excluding hydrogens is 477 g/mol. The molecule has 3 amide bonds. The van der Waals surface area contributed by atoms with Crippen LogP contribution in [0.25, 0.3) is 11.3 Å². The minimum absolute atomic E-state index is 0.0796. The number of likely N-dealkylation sites (N-methyl/N-ethyl adjacent to an activating group) is 1. The lowest BCUT2D eigenvalue weighted by Gasteiger charge is -2.32. The van der Waals surface area contributed by atoms with Crippen molar-refractivity contribution >= 4 is 23.4 Å². The molecule has 2 heterocycles. The molecule has 1 aliphatic heterocycles. The smallest absolute Gasteiger partial charge is 0.343 e. The molecule has 2 aromatic rings. The Labute approximate surface area is 206 Å². The number of nitriles is 1. The highest BCUT2D eigenvalue weighted by atomic mass is 19.4. The molecule has 0 bridgehead atoms. The molecule has 0 aliphatic carbocycles. The van der Waals surface area contributed by atoms with Crippen molar-refractivity contribution in [3.63, 3.8) is 0 Å². The van der Waals surface area contributed by atoms with Crippen molar-refractivity contribution in [2.24, 2.45) is 0 Å². The Hall–Kier alpha value is -4.32. The molecule has 1 atom stereocenters. The van der Waals surface area contributed by atoms with Crippen molar-refractivity contribution in [2.45, 2.75) is 32.5 Å². The zero-order chi connectivity index (χ0) is 27.2. The number of amides is 3. The van der Waals surface area contributed by atoms with Gasteiger partial charge in [-0.1, -0.05) is 12.1 Å². The summed E-state index contributed by atoms with van der Waals surface area (Å²) < 4.78 is 39.9. The minimum atomic E-state index is -5.06. The SMILES string of the molecule is C#C.Cc1ccc(-c2cc3n(n2)C(C)CN(CC(=O)N(C)CCC#N)C3=O)c(NC(=O)C(F)(F)F)c1. The second-order valence-electron chi connectivity index (χ2n) is 8.12. The van der Waals surface area contributed by atoms with E-state index in [0.717, 1.165) is 0 Å². The number of alkyl halides is 3. The van der Waals surface area contributed by atoms with Crippen molar-refractivity contribution in [3.05, 3.63) is 35.5 Å². The van der Waals surface area contributed by atoms with Crippen molar-refractivity contribution in [1.29, 1.82) is 5.26 Å². The second kappa shape index (κ2) is 11.4. The van der Waals surface area contributed by atoms with E-state index in [4.69, 9.17) is 5.26 Å². The van der Waals surface area contributed by atoms with Gasteiger partial charge in [0.25, 0.3) is 5.91 Å². The summed E-state index contributed by atoms with van der Waals surface area (Å²) in [6.45, 7) is 3.73. The van der Waals surface area contributed by atoms with Crippen LogP contribution < -0.4 is 5.32 Å². The van der Waals surface area contributed by atoms with E-state index in [9.17, 15) is 27.6 Å². The summed E-state index contributed by atoms with van der Waals surface area (Å²) in [6.07, 6.45) is 3.11. The van der Waals surface area contributed by atoms with Gasteiger partial charge in [-0.05, 0) is 31.5 Å². The van der Waals surface area contributed by atoms with E-state index in [2.05, 4.69) is 17.9 Å². The number of hydrogen-bond acceptors (Lipinski definition) is 5. The van der Waals surface area contributed by atoms with Crippen LogP contribution in [0.2, 0.25) is 0 Å². The summed E-state index contributed by atoms with van der Waals surface area (Å²) in [4.78, 5) is 39.8. The number of aryl methyl sites for hydroxylation is 1. The Morgan fingerprint density at radius 3 is 2.58 bits per heavy atom. The number of fused-ring (bicyclic) bond motifs is 1. The third kappa shape index (κ3) is 6.21. The van der Waals surface area contributed by atoms with Crippen molar-refractivity contribution in [3.8, 4) is 30.2 Å². The molecule has 12 heteroatoms. The molecule has 3 rings (SSSR count). The number of nitrogens with zero attached hydrogens (tertiary/aromatic N) is 5. The van der Waals surface area contributed by atoms with Crippen LogP contribution in [0.15, 0.2) is 24.3 Å². The fraction of sp³-hybridized carbons (Fsp3) is 0.375. The quantitative estimate of drug-likeness (QED) is 0.611. The molecule has 0 fully saturated rings. The van der Waals surface area contributed by atoms with Crippen molar-refractivity contribution in [1.82, 2.24) is 19.6 Å². The Morgan fingerprint density at radius 2 is 1.97 bits per heavy atom. The normalized spacial score (nSPS) is 14.7. The lowest BCUT2D eigenvalue weighted by molar-refractivity contribution is -0.167. The average molecular weight is 502 g/mol. The zero-order valence-corrected chi connectivity index (χ0v) is 20.0. The number of halogens is 3. The van der Waals surface area contributed by atoms with Crippen LogP contribution >= 0.6 is 0 Å². The van der Waals surface area contributed by atoms with Crippen LogP contribution in [0.3, 0.4) is 0 Å². The van der Waals surface area contributed by atoms with Crippen LogP contribution in [0.5, 0.6) is 0 Å². The van der Waals surface area contributed by atoms with Crippen molar-refractivity contribution < 1.29 is 27.6 Å². The molecule has 0 radical (unpaired) electrons. The van der Waals surface area contributed by atoms with Gasteiger partial charge in [0, 0.05) is 25.7 Å². The molecule has 1 unspecified atom stereocenters. The molecule has 1 aliphatic rings. The molecule has 190 valence electrons. The maximum absolute atomic E-state index is 13.1. The number of carbonyl (C=O) groups excluding carboxylic acids is 3. The van der Waals surface area contributed by atoms with Crippen LogP contribution in [-0.4, -0.2) is 70.2 Å². The summed E-state index contributed by atoms with van der Waals surface area (Å²) >= 11 is 0. The number of aromatic nitrogens is 2. The molecule has 0 saturated heterocycles. The number of terminal acetylenes is 1. The molecule has 0 spiro atoms. The largest absolute Gasteiger partial charge is 0.471 e. The van der Waals surface area contributed by atoms with Gasteiger partial charge in [0.1, 0.15) is 12.2 Å². The van der Waals surface area contributed by atoms with Gasteiger partial charge in [-0.3, -0.25) is 19.1 Å². The second-order valence-corrected chi connectivity index (χ2v) is 8.12. The highest BCUT2D eigenvalue weighted by molar-refractivity contribution is 6.00. The molecule has 9 nitrogen and oxygen atoms in total. The van der Waals surface area contributed by atoms with Gasteiger partial charge < -0.3 is 15.1 Å². The standard InChI is InChI=1S/C22H23F3N6O3.C2H2/c1-13-5-6-15(16(9-13)27-21(34)22(23,24)25)17-10-18-20(33)30(11-14(2)31(18)28-17)12-19(32)29(3)8-4-7-26;1-2/h5-6,9-10,14H,4,8,11-12H2,1-3H3,(H,27,34);1-2H. The fourth-order valence-corrected chi connectivity index (χ4v) is 3.60. The van der Waals surface area contributed by atoms with Gasteiger partial charge in [-0.15, -0.1) is 12.8 Å². The van der Waals surface area contributed by atoms with E-state index in [1.807, 2.05) is 11.4 Å². The Morgan fingerprint density at radius 1 is 1.31 bits per heavy atom. The third-order valence-electron chi connectivity index (χ3n) is 5.41. The van der Waals surface area contributed by atoms with E-state index in [1.54, 1.807) is 27.0 Å². The Bertz CT molecular complexity index is 1210. The number of hydrogen-bond donors (Lipinski definition) is 1. The first-order valence-electron chi connectivity index (χ1n) is 10.7. The lowest BCUT2D eigenvalue weighted by atomic mass is 10.1. The van der Waals surface area contributed by atoms with Crippen LogP contribution in [0, 0.1) is 31.1 Å². The van der Waals surface area contributed by atoms with E-state index >= 15 is 0 Å². The van der Waals surface area contributed by atoms with E-state index in [-0.39, 0.29) is 60.6 Å². The predicted molar refractivity (Wildman–Crippen MR) is 125 cm³/mol. The first kappa shape index (κ1) is 27.9. The number of rotatable bonds is 6. The first-order valence-corrected chi connectivity index (χ1v) is 10.7. The van der Waals surface area contributed by atoms with E-state index in [0.29, 0.717) is 5.56 Å². The van der Waals surface area contributed by atoms with Gasteiger partial charge >= 0.3 is 12.1 Å². The summed E-state index contributed by atoms with van der Waals surface area (Å²) in [6, 6.07) is 7.66. The zero-order valence-electron chi connectivity index (χ0n) is 20.0. The van der Waals surface area contributed by atoms with Crippen LogP contribution in [0.4, 0.5) is 18.9 Å². The van der Waals surface area contributed by atoms with Crippen LogP contribution in [0.1, 0.15) is 35.4 Å². The molecular formula is C24H25F3N6O3. The van der Waals surface area contributed by atoms with E-state index in [1.165, 1.54) is 32.7 Å². The Balaban J connectivity index is 0.00000222. The average Bonchev–Trinajstić information content (AvgIpc) is 3.27. The van der Waals surface area contributed by atoms with Gasteiger partial charge in [0.15, 0.2) is 0 Å². The summed E-state index contributed by atoms with van der Waals surface area (Å²) in [7, 11) is 1.55. The van der Waals surface area contributed by atoms with E-state index < -0.39 is 18.0 Å². The summed E-state index contributed by atoms with van der Waals surface area (Å²) in [5, 5.41) is 15.0. The predicted octanol–water partition coefficient (Wildman–Crippen LogP) is 3.00. The molecule has 1 N–H and O–H groups in total. The molecule has 36 heavy (non-hydrogen) atoms. The van der Waals surface area contributed by atoms with Crippen LogP contribution in [-0.2, 0) is 9.59 Å². The molecule has 0 saturated carbocycles. The maximum Gasteiger partial charge on any atom is 0.471 e. The summed E-state index contributed by atoms with van der Waals surface area (Å²) in [5.74, 6) is -2.88. The highest BCUT2D eigenvalue weighted by Gasteiger charge is 2.39. The van der Waals surface area contributed by atoms with Gasteiger partial charge in [0.05, 0.1) is 29.9 Å². The molecule has 1 aromatic heterocycles. The van der Waals surface area contributed by atoms with Gasteiger partial charge in [0.2, 0.25) is 5.91 Å². The first-order chi connectivity index (χ1) is 16.9. The van der Waals surface area contributed by atoms with Gasteiger partial charge in [-0.25, -0.2) is 0 Å². The third-order valence-corrected chi connectivity index (χ3v) is 5.41. The maximum atomic E-state index is 13.1. The Kier molecular flexibility index (Phi) is 8.85. The molecule has 1 aromatic carbocycles. The number of anilines is 1. The number of nitrogens with one attached hydrogen (secondary N) is 1. The summed E-state index contributed by atoms with van der Waals surface area (Å²) in [5.41, 5.74) is 1.16. The lowest BCUT2D eigenvalue weighted by Crippen LogP contribution is -2.47. The minimum Gasteiger partial charge on any atom is -0.343 e. The fourth-order valence-electron chi connectivity index (χ4n) is 3.60.